The third-order valence-electron chi connectivity index (χ3n) is 5.87. The molecule has 0 spiro atoms. The first-order chi connectivity index (χ1) is 15.3. The van der Waals surface area contributed by atoms with Crippen LogP contribution in [0.1, 0.15) is 40.2 Å². The van der Waals surface area contributed by atoms with E-state index in [-0.39, 0.29) is 30.0 Å². The van der Waals surface area contributed by atoms with Crippen molar-refractivity contribution in [3.63, 3.8) is 0 Å². The minimum Gasteiger partial charge on any atom is -0.341 e. The second-order valence-electron chi connectivity index (χ2n) is 8.32. The van der Waals surface area contributed by atoms with E-state index in [0.29, 0.717) is 37.2 Å². The molecule has 0 unspecified atom stereocenters. The highest BCUT2D eigenvalue weighted by molar-refractivity contribution is 5.85. The Labute approximate surface area is 198 Å². The van der Waals surface area contributed by atoms with Crippen molar-refractivity contribution in [2.24, 2.45) is 5.92 Å². The summed E-state index contributed by atoms with van der Waals surface area (Å²) in [6.07, 6.45) is -9.49. The number of hydrogen-bond acceptors (Lipinski definition) is 2. The summed E-state index contributed by atoms with van der Waals surface area (Å²) in [5.41, 5.74) is -1.67. The molecule has 3 nitrogen and oxygen atoms in total. The van der Waals surface area contributed by atoms with Crippen molar-refractivity contribution in [2.75, 3.05) is 20.1 Å². The van der Waals surface area contributed by atoms with Crippen molar-refractivity contribution < 1.29 is 35.5 Å². The smallest absolute Gasteiger partial charge is 0.341 e. The van der Waals surface area contributed by atoms with Crippen LogP contribution in [0.5, 0.6) is 0 Å². The third kappa shape index (κ3) is 6.41. The molecule has 0 saturated carbocycles. The normalized spacial score (nSPS) is 18.9. The number of carbonyl (C=O) groups excluding carboxylic acids is 1. The number of hydrogen-bond donors (Lipinski definition) is 1. The number of alkyl halides is 6. The van der Waals surface area contributed by atoms with Gasteiger partial charge in [-0.3, -0.25) is 4.79 Å². The number of aryl methyl sites for hydroxylation is 1. The van der Waals surface area contributed by atoms with E-state index in [4.69, 9.17) is 0 Å². The van der Waals surface area contributed by atoms with Gasteiger partial charge in [0.1, 0.15) is 5.82 Å². The molecule has 11 heteroatoms. The molecule has 1 N–H and O–H groups in total. The second-order valence-corrected chi connectivity index (χ2v) is 8.32. The number of rotatable bonds is 4. The van der Waals surface area contributed by atoms with E-state index in [9.17, 15) is 35.5 Å². The summed E-state index contributed by atoms with van der Waals surface area (Å²) >= 11 is 0. The Morgan fingerprint density at radius 3 is 2.15 bits per heavy atom. The highest BCUT2D eigenvalue weighted by Crippen LogP contribution is 2.37. The topological polar surface area (TPSA) is 32.3 Å². The first-order valence-electron chi connectivity index (χ1n) is 10.3. The molecule has 34 heavy (non-hydrogen) atoms. The quantitative estimate of drug-likeness (QED) is 0.514. The van der Waals surface area contributed by atoms with Gasteiger partial charge >= 0.3 is 12.4 Å². The van der Waals surface area contributed by atoms with Gasteiger partial charge in [0, 0.05) is 32.0 Å². The van der Waals surface area contributed by atoms with Crippen molar-refractivity contribution in [3.8, 4) is 0 Å². The van der Waals surface area contributed by atoms with Crippen LogP contribution in [0.4, 0.5) is 30.7 Å². The maximum atomic E-state index is 13.5. The summed E-state index contributed by atoms with van der Waals surface area (Å²) in [4.78, 5) is 14.4. The average Bonchev–Trinajstić information content (AvgIpc) is 2.72. The number of nitrogens with one attached hydrogen (secondary N) is 1. The summed E-state index contributed by atoms with van der Waals surface area (Å²) in [6.45, 7) is 2.28. The lowest BCUT2D eigenvalue weighted by Gasteiger charge is -2.35. The van der Waals surface area contributed by atoms with E-state index >= 15 is 0 Å². The summed E-state index contributed by atoms with van der Waals surface area (Å²) < 4.78 is 92.4. The van der Waals surface area contributed by atoms with Crippen LogP contribution in [0.2, 0.25) is 0 Å². The maximum Gasteiger partial charge on any atom is 0.416 e. The molecular weight excluding hydrogens is 489 g/mol. The largest absolute Gasteiger partial charge is 0.416 e. The van der Waals surface area contributed by atoms with E-state index in [1.807, 2.05) is 0 Å². The summed E-state index contributed by atoms with van der Waals surface area (Å²) in [6, 6.07) is 5.57. The Hall–Kier alpha value is -2.33. The van der Waals surface area contributed by atoms with E-state index in [0.717, 1.165) is 10.5 Å². The van der Waals surface area contributed by atoms with E-state index in [2.05, 4.69) is 5.32 Å². The molecule has 0 aromatic heterocycles. The summed E-state index contributed by atoms with van der Waals surface area (Å²) in [5.74, 6) is -1.66. The minimum absolute atomic E-state index is 0. The summed E-state index contributed by atoms with van der Waals surface area (Å²) in [7, 11) is 1.35. The van der Waals surface area contributed by atoms with E-state index < -0.39 is 47.7 Å². The van der Waals surface area contributed by atoms with Gasteiger partial charge in [0.2, 0.25) is 5.91 Å². The number of piperidine rings is 1. The number of carbonyl (C=O) groups is 1. The molecule has 3 rings (SSSR count). The van der Waals surface area contributed by atoms with Gasteiger partial charge < -0.3 is 10.2 Å². The molecule has 2 aromatic carbocycles. The van der Waals surface area contributed by atoms with Gasteiger partial charge in [-0.25, -0.2) is 4.39 Å². The predicted octanol–water partition coefficient (Wildman–Crippen LogP) is 5.95. The molecule has 188 valence electrons. The van der Waals surface area contributed by atoms with Crippen LogP contribution < -0.4 is 5.32 Å². The van der Waals surface area contributed by atoms with Crippen molar-refractivity contribution in [3.05, 3.63) is 70.0 Å². The fourth-order valence-corrected chi connectivity index (χ4v) is 4.28. The van der Waals surface area contributed by atoms with E-state index in [1.165, 1.54) is 19.2 Å². The zero-order chi connectivity index (χ0) is 24.6. The van der Waals surface area contributed by atoms with Gasteiger partial charge in [0.05, 0.1) is 11.1 Å². The van der Waals surface area contributed by atoms with Gasteiger partial charge in [0.15, 0.2) is 0 Å². The maximum absolute atomic E-state index is 13.5. The fourth-order valence-electron chi connectivity index (χ4n) is 4.28. The van der Waals surface area contributed by atoms with Crippen LogP contribution in [0.15, 0.2) is 36.4 Å². The van der Waals surface area contributed by atoms with Crippen molar-refractivity contribution in [1.29, 1.82) is 0 Å². The standard InChI is InChI=1S/C23H23F7N2O.ClH/c1-13-7-17(24)3-4-18(13)20-11-31-6-5-19(20)21(33)32(2)12-14-8-15(22(25,26)27)10-16(9-14)23(28,29)30;/h3-4,7-10,19-20,31H,5-6,11-12H2,1-2H3;1H/t19-,20-;/m0./s1. The Morgan fingerprint density at radius 1 is 1.03 bits per heavy atom. The molecule has 1 aliphatic heterocycles. The lowest BCUT2D eigenvalue weighted by molar-refractivity contribution is -0.143. The molecular formula is C23H24ClF7N2O. The Morgan fingerprint density at radius 2 is 1.62 bits per heavy atom. The Bertz CT molecular complexity index is 991. The zero-order valence-corrected chi connectivity index (χ0v) is 19.2. The lowest BCUT2D eigenvalue weighted by atomic mass is 9.79. The Balaban J connectivity index is 0.00000408. The van der Waals surface area contributed by atoms with Crippen LogP contribution in [0.25, 0.3) is 0 Å². The molecule has 0 aliphatic carbocycles. The molecule has 0 bridgehead atoms. The summed E-state index contributed by atoms with van der Waals surface area (Å²) in [5, 5.41) is 3.18. The highest BCUT2D eigenvalue weighted by atomic mass is 35.5. The number of halogens is 8. The van der Waals surface area contributed by atoms with Gasteiger partial charge in [-0.05, 0) is 66.9 Å². The molecule has 0 radical (unpaired) electrons. The van der Waals surface area contributed by atoms with Crippen LogP contribution >= 0.6 is 12.4 Å². The number of amides is 1. The number of nitrogens with zero attached hydrogens (tertiary/aromatic N) is 1. The molecule has 1 amide bonds. The monoisotopic (exact) mass is 512 g/mol. The molecule has 1 fully saturated rings. The predicted molar refractivity (Wildman–Crippen MR) is 115 cm³/mol. The minimum atomic E-state index is -4.96. The van der Waals surface area contributed by atoms with Gasteiger partial charge in [-0.2, -0.15) is 26.3 Å². The highest BCUT2D eigenvalue weighted by Gasteiger charge is 2.38. The molecule has 1 saturated heterocycles. The molecule has 1 aliphatic rings. The second kappa shape index (κ2) is 10.5. The van der Waals surface area contributed by atoms with Crippen molar-refractivity contribution >= 4 is 18.3 Å². The zero-order valence-electron chi connectivity index (χ0n) is 18.4. The molecule has 2 atom stereocenters. The van der Waals surface area contributed by atoms with Crippen LogP contribution in [-0.2, 0) is 23.7 Å². The number of benzene rings is 2. The lowest BCUT2D eigenvalue weighted by Crippen LogP contribution is -2.44. The van der Waals surface area contributed by atoms with E-state index in [1.54, 1.807) is 13.0 Å². The molecule has 2 aromatic rings. The first kappa shape index (κ1) is 27.9. The van der Waals surface area contributed by atoms with Gasteiger partial charge in [0.25, 0.3) is 0 Å². The van der Waals surface area contributed by atoms with Crippen LogP contribution in [-0.4, -0.2) is 30.9 Å². The average molecular weight is 513 g/mol. The van der Waals surface area contributed by atoms with Crippen molar-refractivity contribution in [1.82, 2.24) is 10.2 Å². The first-order valence-corrected chi connectivity index (χ1v) is 10.3. The molecule has 1 heterocycles. The van der Waals surface area contributed by atoms with Gasteiger partial charge in [-0.15, -0.1) is 12.4 Å². The third-order valence-corrected chi connectivity index (χ3v) is 5.87. The Kier molecular flexibility index (Phi) is 8.63. The SMILES string of the molecule is Cc1cc(F)ccc1[C@@H]1CNCC[C@@H]1C(=O)N(C)Cc1cc(C(F)(F)F)cc(C(F)(F)F)c1.Cl. The van der Waals surface area contributed by atoms with Gasteiger partial charge in [-0.1, -0.05) is 6.07 Å². The van der Waals surface area contributed by atoms with Crippen LogP contribution in [0.3, 0.4) is 0 Å². The van der Waals surface area contributed by atoms with Crippen LogP contribution in [0, 0.1) is 18.7 Å². The fraction of sp³-hybridized carbons (Fsp3) is 0.435. The van der Waals surface area contributed by atoms with Crippen molar-refractivity contribution in [2.45, 2.75) is 38.2 Å².